The molecule has 1 spiro atoms. The molecule has 0 amide bonds. The van der Waals surface area contributed by atoms with Gasteiger partial charge in [-0.3, -0.25) is 4.90 Å². The Balaban J connectivity index is 1.92. The largest absolute Gasteiger partial charge is 0.377 e. The summed E-state index contributed by atoms with van der Waals surface area (Å²) >= 11 is 0. The lowest BCUT2D eigenvalue weighted by molar-refractivity contribution is -0.226. The Kier molecular flexibility index (Phi) is 5.40. The van der Waals surface area contributed by atoms with E-state index in [0.717, 1.165) is 32.0 Å². The van der Waals surface area contributed by atoms with Crippen LogP contribution in [0.4, 0.5) is 0 Å². The molecule has 0 aromatic heterocycles. The molecule has 136 valence electrons. The molecule has 24 heavy (non-hydrogen) atoms. The van der Waals surface area contributed by atoms with Crippen molar-refractivity contribution in [3.05, 3.63) is 0 Å². The summed E-state index contributed by atoms with van der Waals surface area (Å²) in [5, 5.41) is 0. The molecular weight excluding hydrogens is 295 g/mol. The van der Waals surface area contributed by atoms with Crippen molar-refractivity contribution in [1.82, 2.24) is 4.90 Å². The highest BCUT2D eigenvalue weighted by Gasteiger charge is 2.58. The van der Waals surface area contributed by atoms with Gasteiger partial charge in [-0.1, -0.05) is 26.7 Å². The van der Waals surface area contributed by atoms with Gasteiger partial charge in [0, 0.05) is 12.1 Å². The van der Waals surface area contributed by atoms with Crippen LogP contribution in [0.1, 0.15) is 72.6 Å². The van der Waals surface area contributed by atoms with E-state index in [2.05, 4.69) is 32.6 Å². The number of hydrogen-bond acceptors (Lipinski definition) is 3. The lowest BCUT2D eigenvalue weighted by Gasteiger charge is -2.64. The first kappa shape index (κ1) is 18.7. The van der Waals surface area contributed by atoms with Gasteiger partial charge in [0.2, 0.25) is 0 Å². The van der Waals surface area contributed by atoms with Gasteiger partial charge in [0.05, 0.1) is 26.6 Å². The third-order valence-electron chi connectivity index (χ3n) is 6.81. The molecule has 2 heterocycles. The van der Waals surface area contributed by atoms with Gasteiger partial charge in [-0.25, -0.2) is 0 Å². The van der Waals surface area contributed by atoms with E-state index >= 15 is 0 Å². The molecule has 1 aliphatic carbocycles. The van der Waals surface area contributed by atoms with E-state index < -0.39 is 5.44 Å². The third kappa shape index (κ3) is 3.43. The van der Waals surface area contributed by atoms with E-state index in [1.54, 1.807) is 0 Å². The predicted octanol–water partition coefficient (Wildman–Crippen LogP) is 3.30. The van der Waals surface area contributed by atoms with Crippen LogP contribution in [0.5, 0.6) is 0 Å². The Morgan fingerprint density at radius 2 is 1.92 bits per heavy atom. The average molecular weight is 332 g/mol. The fraction of sp³-hybridized carbons (Fsp3) is 1.00. The smallest absolute Gasteiger partial charge is 0.0950 e. The summed E-state index contributed by atoms with van der Waals surface area (Å²) in [4.78, 5) is 2.85. The summed E-state index contributed by atoms with van der Waals surface area (Å²) in [5.74, 6) is 2.08. The minimum atomic E-state index is -0.477. The molecule has 4 atom stereocenters. The number of nitrogens with two attached hydrogens (primary N) is 1. The first-order valence-corrected chi connectivity index (χ1v) is 10.2. The van der Waals surface area contributed by atoms with Crippen molar-refractivity contribution >= 4 is 7.85 Å². The molecule has 1 saturated carbocycles. The van der Waals surface area contributed by atoms with Gasteiger partial charge in [-0.2, -0.15) is 0 Å². The third-order valence-corrected chi connectivity index (χ3v) is 6.81. The van der Waals surface area contributed by atoms with Crippen LogP contribution in [0.15, 0.2) is 0 Å². The van der Waals surface area contributed by atoms with E-state index in [9.17, 15) is 0 Å². The highest BCUT2D eigenvalue weighted by Crippen LogP contribution is 2.50. The van der Waals surface area contributed by atoms with Crippen LogP contribution >= 0.6 is 0 Å². The second-order valence-corrected chi connectivity index (χ2v) is 9.67. The Labute approximate surface area is 150 Å². The van der Waals surface area contributed by atoms with Crippen LogP contribution in [0, 0.1) is 17.8 Å². The van der Waals surface area contributed by atoms with Crippen LogP contribution in [0.3, 0.4) is 0 Å². The maximum absolute atomic E-state index is 6.47. The SMILES string of the molecule is [B]C1(N)CCCCC2C(CC(CC(C)C)C3(COC3)N2C(C)C)C1. The second kappa shape index (κ2) is 6.93. The van der Waals surface area contributed by atoms with Gasteiger partial charge in [-0.05, 0) is 69.1 Å². The van der Waals surface area contributed by atoms with Gasteiger partial charge < -0.3 is 10.5 Å². The maximum Gasteiger partial charge on any atom is 0.0950 e. The summed E-state index contributed by atoms with van der Waals surface area (Å²) in [6, 6.07) is 1.19. The molecule has 3 nitrogen and oxygen atoms in total. The fourth-order valence-electron chi connectivity index (χ4n) is 5.98. The number of nitrogens with zero attached hydrogens (tertiary/aromatic N) is 1. The zero-order valence-electron chi connectivity index (χ0n) is 16.3. The Morgan fingerprint density at radius 3 is 2.46 bits per heavy atom. The molecule has 4 unspecified atom stereocenters. The Morgan fingerprint density at radius 1 is 1.21 bits per heavy atom. The highest BCUT2D eigenvalue weighted by atomic mass is 16.5. The Hall–Kier alpha value is -0.0551. The molecule has 0 bridgehead atoms. The van der Waals surface area contributed by atoms with E-state index in [4.69, 9.17) is 18.3 Å². The van der Waals surface area contributed by atoms with E-state index in [-0.39, 0.29) is 5.54 Å². The molecule has 3 fully saturated rings. The van der Waals surface area contributed by atoms with Crippen molar-refractivity contribution in [2.75, 3.05) is 13.2 Å². The molecule has 0 aromatic carbocycles. The number of fused-ring (bicyclic) bond motifs is 1. The standard InChI is InChI=1S/C20H37BN2O/c1-14(2)9-17-10-16-11-20(21,22)8-6-5-7-18(16)23(15(3)4)19(17)12-24-13-19/h14-18H,5-13,22H2,1-4H3. The maximum atomic E-state index is 6.47. The minimum Gasteiger partial charge on any atom is -0.377 e. The van der Waals surface area contributed by atoms with Crippen molar-refractivity contribution in [3.8, 4) is 0 Å². The van der Waals surface area contributed by atoms with Crippen molar-refractivity contribution in [2.24, 2.45) is 23.5 Å². The Bertz CT molecular complexity index is 433. The zero-order valence-corrected chi connectivity index (χ0v) is 16.3. The lowest BCUT2D eigenvalue weighted by Crippen LogP contribution is -2.74. The molecule has 2 aliphatic heterocycles. The highest BCUT2D eigenvalue weighted by molar-refractivity contribution is 6.15. The molecule has 3 rings (SSSR count). The first-order chi connectivity index (χ1) is 11.3. The van der Waals surface area contributed by atoms with Crippen molar-refractivity contribution in [2.45, 2.75) is 95.7 Å². The summed E-state index contributed by atoms with van der Waals surface area (Å²) in [6.45, 7) is 11.3. The second-order valence-electron chi connectivity index (χ2n) is 9.67. The summed E-state index contributed by atoms with van der Waals surface area (Å²) in [7, 11) is 6.47. The van der Waals surface area contributed by atoms with Crippen LogP contribution in [-0.2, 0) is 4.74 Å². The van der Waals surface area contributed by atoms with Crippen LogP contribution in [0.25, 0.3) is 0 Å². The first-order valence-electron chi connectivity index (χ1n) is 10.2. The van der Waals surface area contributed by atoms with Gasteiger partial charge in [0.1, 0.15) is 0 Å². The van der Waals surface area contributed by atoms with Gasteiger partial charge in [0.25, 0.3) is 0 Å². The van der Waals surface area contributed by atoms with Gasteiger partial charge in [-0.15, -0.1) is 0 Å². The van der Waals surface area contributed by atoms with E-state index in [1.165, 1.54) is 32.1 Å². The van der Waals surface area contributed by atoms with Crippen LogP contribution < -0.4 is 5.73 Å². The van der Waals surface area contributed by atoms with Gasteiger partial charge in [0.15, 0.2) is 0 Å². The monoisotopic (exact) mass is 332 g/mol. The van der Waals surface area contributed by atoms with E-state index in [0.29, 0.717) is 23.9 Å². The number of rotatable bonds is 3. The molecule has 2 N–H and O–H groups in total. The predicted molar refractivity (Wildman–Crippen MR) is 101 cm³/mol. The fourth-order valence-corrected chi connectivity index (χ4v) is 5.98. The van der Waals surface area contributed by atoms with Crippen molar-refractivity contribution < 1.29 is 4.74 Å². The topological polar surface area (TPSA) is 38.5 Å². The van der Waals surface area contributed by atoms with Crippen molar-refractivity contribution in [1.29, 1.82) is 0 Å². The van der Waals surface area contributed by atoms with Crippen LogP contribution in [0.2, 0.25) is 0 Å². The zero-order chi connectivity index (χ0) is 17.5. The summed E-state index contributed by atoms with van der Waals surface area (Å²) in [5.41, 5.74) is 6.26. The molecule has 2 radical (unpaired) electrons. The minimum absolute atomic E-state index is 0.269. The summed E-state index contributed by atoms with van der Waals surface area (Å²) < 4.78 is 5.79. The number of likely N-dealkylation sites (tertiary alicyclic amines) is 1. The summed E-state index contributed by atoms with van der Waals surface area (Å²) in [6.07, 6.45) is 8.25. The van der Waals surface area contributed by atoms with Crippen LogP contribution in [-0.4, -0.2) is 49.0 Å². The molecule has 3 aliphatic rings. The van der Waals surface area contributed by atoms with Gasteiger partial charge >= 0.3 is 0 Å². The molecule has 0 aromatic rings. The normalized spacial score (nSPS) is 40.2. The van der Waals surface area contributed by atoms with E-state index in [1.807, 2.05) is 0 Å². The van der Waals surface area contributed by atoms with Crippen molar-refractivity contribution in [3.63, 3.8) is 0 Å². The number of piperidine rings is 1. The lowest BCUT2D eigenvalue weighted by atomic mass is 9.59. The molecular formula is C20H37BN2O. The number of ether oxygens (including phenoxy) is 1. The quantitative estimate of drug-likeness (QED) is 0.806. The molecule has 2 saturated heterocycles. The number of hydrogen-bond donors (Lipinski definition) is 1. The average Bonchev–Trinajstić information content (AvgIpc) is 2.39. The molecule has 4 heteroatoms.